The summed E-state index contributed by atoms with van der Waals surface area (Å²) in [4.78, 5) is 23.3. The molecule has 0 fully saturated rings. The van der Waals surface area contributed by atoms with E-state index in [0.717, 1.165) is 4.47 Å². The van der Waals surface area contributed by atoms with Crippen molar-refractivity contribution >= 4 is 27.7 Å². The van der Waals surface area contributed by atoms with Gasteiger partial charge in [-0.15, -0.1) is 0 Å². The Labute approximate surface area is 112 Å². The highest BCUT2D eigenvalue weighted by Gasteiger charge is 2.16. The lowest BCUT2D eigenvalue weighted by Crippen LogP contribution is -2.09. The summed E-state index contributed by atoms with van der Waals surface area (Å²) in [6.07, 6.45) is 0. The minimum atomic E-state index is -1.10. The van der Waals surface area contributed by atoms with Crippen molar-refractivity contribution in [2.75, 3.05) is 0 Å². The van der Waals surface area contributed by atoms with Crippen LogP contribution in [0.1, 0.15) is 26.3 Å². The average Bonchev–Trinajstić information content (AvgIpc) is 2.39. The number of aromatic carboxylic acids is 1. The lowest BCUT2D eigenvalue weighted by molar-refractivity contribution is 0.0693. The molecule has 2 aromatic rings. The molecule has 0 aliphatic rings. The topological polar surface area (TPSA) is 54.4 Å². The lowest BCUT2D eigenvalue weighted by atomic mass is 9.98. The van der Waals surface area contributed by atoms with Crippen molar-refractivity contribution in [2.45, 2.75) is 0 Å². The normalized spacial score (nSPS) is 10.1. The average molecular weight is 305 g/mol. The number of rotatable bonds is 3. The van der Waals surface area contributed by atoms with E-state index >= 15 is 0 Å². The summed E-state index contributed by atoms with van der Waals surface area (Å²) in [7, 11) is 0. The number of halogens is 1. The molecule has 0 aromatic heterocycles. The molecule has 1 N–H and O–H groups in total. The lowest BCUT2D eigenvalue weighted by Gasteiger charge is -2.05. The van der Waals surface area contributed by atoms with Crippen LogP contribution in [0, 0.1) is 0 Å². The third kappa shape index (κ3) is 2.49. The standard InChI is InChI=1S/C14H9BrO3/c15-10-7-5-9(6-8-10)13(16)11-3-1-2-4-12(11)14(17)18/h1-8H,(H,17,18). The molecule has 0 heterocycles. The zero-order chi connectivity index (χ0) is 13.1. The van der Waals surface area contributed by atoms with Gasteiger partial charge in [-0.05, 0) is 30.3 Å². The van der Waals surface area contributed by atoms with Crippen LogP contribution < -0.4 is 0 Å². The molecule has 2 aromatic carbocycles. The molecule has 0 saturated heterocycles. The van der Waals surface area contributed by atoms with Gasteiger partial charge in [-0.25, -0.2) is 4.79 Å². The van der Waals surface area contributed by atoms with E-state index in [1.165, 1.54) is 12.1 Å². The Morgan fingerprint density at radius 2 is 1.44 bits per heavy atom. The molecule has 2 rings (SSSR count). The molecule has 0 bridgehead atoms. The van der Waals surface area contributed by atoms with Crippen LogP contribution in [0.4, 0.5) is 0 Å². The monoisotopic (exact) mass is 304 g/mol. The van der Waals surface area contributed by atoms with Crippen molar-refractivity contribution < 1.29 is 14.7 Å². The number of carboxylic acids is 1. The molecule has 18 heavy (non-hydrogen) atoms. The van der Waals surface area contributed by atoms with Gasteiger partial charge in [-0.1, -0.05) is 34.1 Å². The van der Waals surface area contributed by atoms with Crippen LogP contribution >= 0.6 is 15.9 Å². The second kappa shape index (κ2) is 5.14. The molecule has 0 saturated carbocycles. The molecule has 4 heteroatoms. The van der Waals surface area contributed by atoms with Gasteiger partial charge in [0.25, 0.3) is 0 Å². The first-order valence-electron chi connectivity index (χ1n) is 5.22. The zero-order valence-corrected chi connectivity index (χ0v) is 10.8. The Bertz CT molecular complexity index is 603. The van der Waals surface area contributed by atoms with E-state index in [1.54, 1.807) is 36.4 Å². The fourth-order valence-corrected chi connectivity index (χ4v) is 1.89. The molecule has 0 spiro atoms. The Hall–Kier alpha value is -1.94. The van der Waals surface area contributed by atoms with Gasteiger partial charge in [0.15, 0.2) is 5.78 Å². The van der Waals surface area contributed by atoms with Crippen molar-refractivity contribution in [3.63, 3.8) is 0 Å². The Kier molecular flexibility index (Phi) is 3.58. The SMILES string of the molecule is O=C(O)c1ccccc1C(=O)c1ccc(Br)cc1. The maximum Gasteiger partial charge on any atom is 0.336 e. The Morgan fingerprint density at radius 1 is 0.889 bits per heavy atom. The van der Waals surface area contributed by atoms with Gasteiger partial charge in [-0.3, -0.25) is 4.79 Å². The number of carbonyl (C=O) groups is 2. The van der Waals surface area contributed by atoms with Gasteiger partial charge in [0.05, 0.1) is 5.56 Å². The molecular formula is C14H9BrO3. The summed E-state index contributed by atoms with van der Waals surface area (Å²) < 4.78 is 0.866. The number of hydrogen-bond acceptors (Lipinski definition) is 2. The summed E-state index contributed by atoms with van der Waals surface area (Å²) in [6, 6.07) is 13.0. The highest BCUT2D eigenvalue weighted by molar-refractivity contribution is 9.10. The highest BCUT2D eigenvalue weighted by Crippen LogP contribution is 2.17. The smallest absolute Gasteiger partial charge is 0.336 e. The van der Waals surface area contributed by atoms with Crippen LogP contribution in [0.3, 0.4) is 0 Å². The van der Waals surface area contributed by atoms with Crippen LogP contribution in [-0.2, 0) is 0 Å². The van der Waals surface area contributed by atoms with E-state index in [1.807, 2.05) is 0 Å². The van der Waals surface area contributed by atoms with E-state index in [9.17, 15) is 9.59 Å². The summed E-state index contributed by atoms with van der Waals surface area (Å²) in [5, 5.41) is 9.05. The maximum absolute atomic E-state index is 12.2. The number of hydrogen-bond donors (Lipinski definition) is 1. The van der Waals surface area contributed by atoms with Crippen molar-refractivity contribution in [1.82, 2.24) is 0 Å². The predicted molar refractivity (Wildman–Crippen MR) is 71.0 cm³/mol. The number of carboxylic acid groups (broad SMARTS) is 1. The van der Waals surface area contributed by atoms with Crippen LogP contribution in [0.25, 0.3) is 0 Å². The molecule has 90 valence electrons. The van der Waals surface area contributed by atoms with E-state index in [2.05, 4.69) is 15.9 Å². The van der Waals surface area contributed by atoms with Crippen molar-refractivity contribution in [1.29, 1.82) is 0 Å². The second-order valence-electron chi connectivity index (χ2n) is 3.69. The summed E-state index contributed by atoms with van der Waals surface area (Å²) in [6.45, 7) is 0. The molecule has 0 amide bonds. The zero-order valence-electron chi connectivity index (χ0n) is 9.26. The second-order valence-corrected chi connectivity index (χ2v) is 4.60. The van der Waals surface area contributed by atoms with E-state index in [4.69, 9.17) is 5.11 Å². The van der Waals surface area contributed by atoms with Gasteiger partial charge in [0, 0.05) is 15.6 Å². The summed E-state index contributed by atoms with van der Waals surface area (Å²) in [5.41, 5.74) is 0.685. The third-order valence-corrected chi connectivity index (χ3v) is 3.04. The first-order chi connectivity index (χ1) is 8.59. The third-order valence-electron chi connectivity index (χ3n) is 2.51. The van der Waals surface area contributed by atoms with Crippen LogP contribution in [0.2, 0.25) is 0 Å². The van der Waals surface area contributed by atoms with Crippen LogP contribution in [-0.4, -0.2) is 16.9 Å². The quantitative estimate of drug-likeness (QED) is 0.884. The Balaban J connectivity index is 2.46. The molecule has 0 aliphatic heterocycles. The molecule has 0 radical (unpaired) electrons. The van der Waals surface area contributed by atoms with Crippen LogP contribution in [0.15, 0.2) is 53.0 Å². The van der Waals surface area contributed by atoms with Crippen LogP contribution in [0.5, 0.6) is 0 Å². The number of carbonyl (C=O) groups excluding carboxylic acids is 1. The number of ketones is 1. The minimum Gasteiger partial charge on any atom is -0.478 e. The molecule has 0 aliphatic carbocycles. The van der Waals surface area contributed by atoms with Gasteiger partial charge < -0.3 is 5.11 Å². The van der Waals surface area contributed by atoms with Gasteiger partial charge in [0.2, 0.25) is 0 Å². The Morgan fingerprint density at radius 3 is 2.00 bits per heavy atom. The molecule has 3 nitrogen and oxygen atoms in total. The van der Waals surface area contributed by atoms with Crippen molar-refractivity contribution in [3.05, 3.63) is 69.7 Å². The van der Waals surface area contributed by atoms with E-state index in [0.29, 0.717) is 5.56 Å². The van der Waals surface area contributed by atoms with E-state index < -0.39 is 5.97 Å². The maximum atomic E-state index is 12.2. The summed E-state index contributed by atoms with van der Waals surface area (Å²) >= 11 is 3.28. The molecule has 0 unspecified atom stereocenters. The fourth-order valence-electron chi connectivity index (χ4n) is 1.62. The van der Waals surface area contributed by atoms with Gasteiger partial charge in [-0.2, -0.15) is 0 Å². The fraction of sp³-hybridized carbons (Fsp3) is 0. The summed E-state index contributed by atoms with van der Waals surface area (Å²) in [5.74, 6) is -1.39. The predicted octanol–water partition coefficient (Wildman–Crippen LogP) is 3.38. The molecule has 0 atom stereocenters. The highest BCUT2D eigenvalue weighted by atomic mass is 79.9. The largest absolute Gasteiger partial charge is 0.478 e. The first kappa shape index (κ1) is 12.5. The van der Waals surface area contributed by atoms with Crippen molar-refractivity contribution in [2.24, 2.45) is 0 Å². The minimum absolute atomic E-state index is 0.0189. The number of benzene rings is 2. The van der Waals surface area contributed by atoms with Gasteiger partial charge in [0.1, 0.15) is 0 Å². The first-order valence-corrected chi connectivity index (χ1v) is 6.01. The van der Waals surface area contributed by atoms with E-state index in [-0.39, 0.29) is 16.9 Å². The van der Waals surface area contributed by atoms with Gasteiger partial charge >= 0.3 is 5.97 Å². The van der Waals surface area contributed by atoms with Crippen molar-refractivity contribution in [3.8, 4) is 0 Å². The molecular weight excluding hydrogens is 296 g/mol.